The maximum absolute atomic E-state index is 11.0. The maximum Gasteiger partial charge on any atom is 0.310 e. The fraction of sp³-hybridized carbons (Fsp3) is 0.500. The molecule has 0 saturated carbocycles. The number of esters is 1. The summed E-state index contributed by atoms with van der Waals surface area (Å²) in [6.45, 7) is 2.35. The van der Waals surface area contributed by atoms with E-state index >= 15 is 0 Å². The van der Waals surface area contributed by atoms with Gasteiger partial charge in [0, 0.05) is 6.20 Å². The van der Waals surface area contributed by atoms with Gasteiger partial charge in [-0.15, -0.1) is 0 Å². The predicted molar refractivity (Wildman–Crippen MR) is 51.1 cm³/mol. The van der Waals surface area contributed by atoms with E-state index in [0.717, 1.165) is 4.47 Å². The smallest absolute Gasteiger partial charge is 0.310 e. The van der Waals surface area contributed by atoms with Crippen LogP contribution in [0.4, 0.5) is 0 Å². The van der Waals surface area contributed by atoms with Crippen molar-refractivity contribution in [2.75, 3.05) is 7.11 Å². The topological polar surface area (TPSA) is 44.1 Å². The van der Waals surface area contributed by atoms with Crippen LogP contribution in [0, 0.1) is 5.92 Å². The summed E-state index contributed by atoms with van der Waals surface area (Å²) in [5, 5.41) is 4.03. The molecule has 1 heterocycles. The van der Waals surface area contributed by atoms with Crippen LogP contribution in [0.3, 0.4) is 0 Å². The van der Waals surface area contributed by atoms with Crippen molar-refractivity contribution in [2.24, 2.45) is 5.92 Å². The van der Waals surface area contributed by atoms with Crippen molar-refractivity contribution < 1.29 is 9.53 Å². The molecule has 0 saturated heterocycles. The number of carbonyl (C=O) groups excluding carboxylic acids is 1. The Balaban J connectivity index is 2.54. The Morgan fingerprint density at radius 1 is 1.85 bits per heavy atom. The minimum absolute atomic E-state index is 0.170. The van der Waals surface area contributed by atoms with Gasteiger partial charge in [-0.25, -0.2) is 0 Å². The van der Waals surface area contributed by atoms with Crippen molar-refractivity contribution >= 4 is 21.9 Å². The van der Waals surface area contributed by atoms with E-state index in [1.165, 1.54) is 7.11 Å². The molecule has 0 amide bonds. The van der Waals surface area contributed by atoms with Crippen LogP contribution in [0.5, 0.6) is 0 Å². The number of rotatable bonds is 3. The van der Waals surface area contributed by atoms with Gasteiger partial charge in [-0.05, 0) is 15.9 Å². The molecule has 1 atom stereocenters. The van der Waals surface area contributed by atoms with Gasteiger partial charge in [-0.3, -0.25) is 9.48 Å². The number of halogens is 1. The maximum atomic E-state index is 11.0. The fourth-order valence-electron chi connectivity index (χ4n) is 0.994. The van der Waals surface area contributed by atoms with Crippen LogP contribution in [-0.2, 0) is 16.1 Å². The zero-order valence-corrected chi connectivity index (χ0v) is 9.11. The van der Waals surface area contributed by atoms with Crippen molar-refractivity contribution in [1.29, 1.82) is 0 Å². The van der Waals surface area contributed by atoms with Gasteiger partial charge in [0.25, 0.3) is 0 Å². The molecule has 0 aliphatic heterocycles. The van der Waals surface area contributed by atoms with Crippen LogP contribution >= 0.6 is 15.9 Å². The number of hydrogen-bond donors (Lipinski definition) is 0. The van der Waals surface area contributed by atoms with Crippen molar-refractivity contribution in [3.8, 4) is 0 Å². The summed E-state index contributed by atoms with van der Waals surface area (Å²) in [6, 6.07) is 0. The molecule has 4 nitrogen and oxygen atoms in total. The molecule has 0 bridgehead atoms. The van der Waals surface area contributed by atoms with Gasteiger partial charge in [0.2, 0.25) is 0 Å². The highest BCUT2D eigenvalue weighted by atomic mass is 79.9. The first-order chi connectivity index (χ1) is 6.13. The van der Waals surface area contributed by atoms with E-state index in [2.05, 4.69) is 25.8 Å². The highest BCUT2D eigenvalue weighted by Gasteiger charge is 2.13. The lowest BCUT2D eigenvalue weighted by molar-refractivity contribution is -0.145. The molecule has 0 N–H and O–H groups in total. The van der Waals surface area contributed by atoms with E-state index in [0.29, 0.717) is 6.54 Å². The number of hydrogen-bond acceptors (Lipinski definition) is 3. The Bertz CT molecular complexity index is 298. The third-order valence-electron chi connectivity index (χ3n) is 1.67. The number of nitrogens with zero attached hydrogens (tertiary/aromatic N) is 2. The molecule has 72 valence electrons. The lowest BCUT2D eigenvalue weighted by Crippen LogP contribution is -2.18. The first-order valence-electron chi connectivity index (χ1n) is 3.89. The van der Waals surface area contributed by atoms with Crippen molar-refractivity contribution in [3.63, 3.8) is 0 Å². The molecule has 1 aromatic rings. The number of carbonyl (C=O) groups is 1. The second-order valence-corrected chi connectivity index (χ2v) is 3.72. The average Bonchev–Trinajstić information content (AvgIpc) is 2.49. The number of methoxy groups -OCH3 is 1. The zero-order chi connectivity index (χ0) is 9.84. The summed E-state index contributed by atoms with van der Waals surface area (Å²) in [4.78, 5) is 11.0. The van der Waals surface area contributed by atoms with Crippen LogP contribution in [-0.4, -0.2) is 22.9 Å². The lowest BCUT2D eigenvalue weighted by atomic mass is 10.2. The first-order valence-corrected chi connectivity index (χ1v) is 4.68. The second kappa shape index (κ2) is 4.41. The predicted octanol–water partition coefficient (Wildman–Crippen LogP) is 1.45. The Labute approximate surface area is 85.0 Å². The number of aromatic nitrogens is 2. The van der Waals surface area contributed by atoms with Crippen LogP contribution in [0.15, 0.2) is 16.9 Å². The van der Waals surface area contributed by atoms with Crippen molar-refractivity contribution in [3.05, 3.63) is 16.9 Å². The summed E-state index contributed by atoms with van der Waals surface area (Å²) in [5.41, 5.74) is 0. The summed E-state index contributed by atoms with van der Waals surface area (Å²) in [5.74, 6) is -0.386. The highest BCUT2D eigenvalue weighted by molar-refractivity contribution is 9.10. The molecule has 0 spiro atoms. The normalized spacial score (nSPS) is 12.5. The Morgan fingerprint density at radius 3 is 3.00 bits per heavy atom. The van der Waals surface area contributed by atoms with Gasteiger partial charge >= 0.3 is 5.97 Å². The van der Waals surface area contributed by atoms with Crippen molar-refractivity contribution in [1.82, 2.24) is 9.78 Å². The molecule has 13 heavy (non-hydrogen) atoms. The second-order valence-electron chi connectivity index (χ2n) is 2.80. The van der Waals surface area contributed by atoms with Crippen LogP contribution < -0.4 is 0 Å². The minimum Gasteiger partial charge on any atom is -0.469 e. The van der Waals surface area contributed by atoms with Crippen LogP contribution in [0.1, 0.15) is 6.92 Å². The van der Waals surface area contributed by atoms with E-state index in [4.69, 9.17) is 0 Å². The van der Waals surface area contributed by atoms with Gasteiger partial charge in [-0.2, -0.15) is 5.10 Å². The zero-order valence-electron chi connectivity index (χ0n) is 7.53. The van der Waals surface area contributed by atoms with Gasteiger partial charge in [0.15, 0.2) is 0 Å². The van der Waals surface area contributed by atoms with Gasteiger partial charge in [0.1, 0.15) is 0 Å². The summed E-state index contributed by atoms with van der Waals surface area (Å²) in [7, 11) is 1.39. The fourth-order valence-corrected chi connectivity index (χ4v) is 1.32. The molecule has 0 aliphatic carbocycles. The first kappa shape index (κ1) is 10.2. The largest absolute Gasteiger partial charge is 0.469 e. The summed E-state index contributed by atoms with van der Waals surface area (Å²) in [6.07, 6.45) is 3.50. The van der Waals surface area contributed by atoms with E-state index in [1.54, 1.807) is 17.8 Å². The van der Waals surface area contributed by atoms with Gasteiger partial charge in [-0.1, -0.05) is 6.92 Å². The van der Waals surface area contributed by atoms with Gasteiger partial charge < -0.3 is 4.74 Å². The molecular weight excluding hydrogens is 236 g/mol. The molecule has 1 aromatic heterocycles. The van der Waals surface area contributed by atoms with E-state index in [-0.39, 0.29) is 11.9 Å². The lowest BCUT2D eigenvalue weighted by Gasteiger charge is -2.08. The van der Waals surface area contributed by atoms with Crippen LogP contribution in [0.2, 0.25) is 0 Å². The van der Waals surface area contributed by atoms with Gasteiger partial charge in [0.05, 0.1) is 30.2 Å². The molecule has 1 rings (SSSR count). The number of ether oxygens (including phenoxy) is 1. The molecule has 0 aromatic carbocycles. The quantitative estimate of drug-likeness (QED) is 0.759. The van der Waals surface area contributed by atoms with Crippen molar-refractivity contribution in [2.45, 2.75) is 13.5 Å². The van der Waals surface area contributed by atoms with E-state index in [9.17, 15) is 4.79 Å². The summed E-state index contributed by atoms with van der Waals surface area (Å²) >= 11 is 3.28. The molecular formula is C8H11BrN2O2. The van der Waals surface area contributed by atoms with E-state index < -0.39 is 0 Å². The van der Waals surface area contributed by atoms with Crippen LogP contribution in [0.25, 0.3) is 0 Å². The third-order valence-corrected chi connectivity index (χ3v) is 2.08. The molecule has 1 unspecified atom stereocenters. The molecule has 0 radical (unpaired) electrons. The highest BCUT2D eigenvalue weighted by Crippen LogP contribution is 2.08. The Morgan fingerprint density at radius 2 is 2.54 bits per heavy atom. The molecule has 0 aliphatic rings. The monoisotopic (exact) mass is 246 g/mol. The average molecular weight is 247 g/mol. The van der Waals surface area contributed by atoms with E-state index in [1.807, 2.05) is 6.20 Å². The molecule has 0 fully saturated rings. The Hall–Kier alpha value is -0.840. The standard InChI is InChI=1S/C8H11BrN2O2/c1-6(8(12)13-2)4-11-5-7(9)3-10-11/h3,5-6H,4H2,1-2H3. The minimum atomic E-state index is -0.216. The summed E-state index contributed by atoms with van der Waals surface area (Å²) < 4.78 is 7.21. The molecule has 5 heteroatoms. The SMILES string of the molecule is COC(=O)C(C)Cn1cc(Br)cn1. The Kier molecular flexibility index (Phi) is 3.48. The third kappa shape index (κ3) is 2.84.